The Bertz CT molecular complexity index is 1300. The van der Waals surface area contributed by atoms with Gasteiger partial charge in [-0.2, -0.15) is 0 Å². The van der Waals surface area contributed by atoms with Gasteiger partial charge in [0, 0.05) is 24.0 Å². The molecule has 204 valence electrons. The molecular formula is C34H38O5. The van der Waals surface area contributed by atoms with E-state index in [1.165, 1.54) is 11.1 Å². The lowest BCUT2D eigenvalue weighted by Gasteiger charge is -2.32. The van der Waals surface area contributed by atoms with Crippen molar-refractivity contribution in [2.45, 2.75) is 77.5 Å². The molecule has 0 bridgehead atoms. The Morgan fingerprint density at radius 3 is 2.10 bits per heavy atom. The van der Waals surface area contributed by atoms with Crippen molar-refractivity contribution < 1.29 is 23.7 Å². The smallest absolute Gasteiger partial charge is 0.199 e. The van der Waals surface area contributed by atoms with E-state index in [1.807, 2.05) is 18.2 Å². The Labute approximate surface area is 231 Å². The van der Waals surface area contributed by atoms with Crippen LogP contribution in [0.2, 0.25) is 0 Å². The van der Waals surface area contributed by atoms with E-state index >= 15 is 0 Å². The van der Waals surface area contributed by atoms with Crippen LogP contribution < -0.4 is 14.2 Å². The van der Waals surface area contributed by atoms with Gasteiger partial charge in [-0.05, 0) is 91.6 Å². The highest BCUT2D eigenvalue weighted by Gasteiger charge is 2.30. The maximum Gasteiger partial charge on any atom is 0.199 e. The minimum Gasteiger partial charge on any atom is -0.480 e. The number of hydrogen-bond acceptors (Lipinski definition) is 5. The second-order valence-corrected chi connectivity index (χ2v) is 10.6. The molecule has 3 heterocycles. The van der Waals surface area contributed by atoms with Crippen molar-refractivity contribution in [2.24, 2.45) is 0 Å². The average molecular weight is 527 g/mol. The number of fused-ring (bicyclic) bond motifs is 1. The molecule has 39 heavy (non-hydrogen) atoms. The van der Waals surface area contributed by atoms with Gasteiger partial charge in [0.05, 0.1) is 13.2 Å². The van der Waals surface area contributed by atoms with Crippen LogP contribution in [0.15, 0.2) is 66.7 Å². The zero-order chi connectivity index (χ0) is 26.6. The molecule has 0 N–H and O–H groups in total. The van der Waals surface area contributed by atoms with E-state index in [2.05, 4.69) is 62.4 Å². The third-order valence-corrected chi connectivity index (χ3v) is 7.91. The molecule has 0 aliphatic carbocycles. The monoisotopic (exact) mass is 526 g/mol. The van der Waals surface area contributed by atoms with Gasteiger partial charge in [0.2, 0.25) is 0 Å². The van der Waals surface area contributed by atoms with Crippen LogP contribution in [-0.4, -0.2) is 25.8 Å². The maximum absolute atomic E-state index is 6.75. The van der Waals surface area contributed by atoms with Crippen LogP contribution in [-0.2, 0) is 15.9 Å². The van der Waals surface area contributed by atoms with Crippen LogP contribution in [0.4, 0.5) is 0 Å². The first-order valence-corrected chi connectivity index (χ1v) is 14.5. The zero-order valence-corrected chi connectivity index (χ0v) is 23.0. The van der Waals surface area contributed by atoms with Gasteiger partial charge in [0.1, 0.15) is 23.4 Å². The summed E-state index contributed by atoms with van der Waals surface area (Å²) in [5, 5.41) is 0. The number of allylic oxidation sites excluding steroid dienone is 1. The molecule has 0 aromatic heterocycles. The Morgan fingerprint density at radius 2 is 1.46 bits per heavy atom. The summed E-state index contributed by atoms with van der Waals surface area (Å²) >= 11 is 0. The van der Waals surface area contributed by atoms with E-state index in [0.29, 0.717) is 0 Å². The maximum atomic E-state index is 6.75. The highest BCUT2D eigenvalue weighted by molar-refractivity contribution is 5.95. The fourth-order valence-corrected chi connectivity index (χ4v) is 5.69. The molecule has 2 fully saturated rings. The molecular weight excluding hydrogens is 488 g/mol. The van der Waals surface area contributed by atoms with Crippen LogP contribution in [0.3, 0.4) is 0 Å². The van der Waals surface area contributed by atoms with Gasteiger partial charge in [-0.25, -0.2) is 0 Å². The second kappa shape index (κ2) is 11.8. The van der Waals surface area contributed by atoms with Gasteiger partial charge in [-0.3, -0.25) is 0 Å². The predicted molar refractivity (Wildman–Crippen MR) is 153 cm³/mol. The van der Waals surface area contributed by atoms with E-state index in [9.17, 15) is 0 Å². The molecule has 0 radical (unpaired) electrons. The first-order valence-electron chi connectivity index (χ1n) is 14.5. The molecule has 3 aromatic carbocycles. The van der Waals surface area contributed by atoms with Crippen molar-refractivity contribution in [3.8, 4) is 17.2 Å². The molecule has 2 saturated heterocycles. The zero-order valence-electron chi connectivity index (χ0n) is 23.0. The topological polar surface area (TPSA) is 46.2 Å². The lowest BCUT2D eigenvalue weighted by atomic mass is 9.86. The summed E-state index contributed by atoms with van der Waals surface area (Å²) in [4.78, 5) is 0. The first kappa shape index (κ1) is 26.0. The third-order valence-electron chi connectivity index (χ3n) is 7.91. The summed E-state index contributed by atoms with van der Waals surface area (Å²) in [6.45, 7) is 5.87. The molecule has 3 aliphatic rings. The van der Waals surface area contributed by atoms with Gasteiger partial charge < -0.3 is 23.7 Å². The fourth-order valence-electron chi connectivity index (χ4n) is 5.69. The summed E-state index contributed by atoms with van der Waals surface area (Å²) in [5.41, 5.74) is 6.87. The summed E-state index contributed by atoms with van der Waals surface area (Å²) in [6.07, 6.45) is 6.68. The lowest BCUT2D eigenvalue weighted by Crippen LogP contribution is -2.25. The fraction of sp³-hybridized carbons (Fsp3) is 0.412. The van der Waals surface area contributed by atoms with Crippen molar-refractivity contribution in [3.63, 3.8) is 0 Å². The number of rotatable bonds is 7. The highest BCUT2D eigenvalue weighted by atomic mass is 16.7. The quantitative estimate of drug-likeness (QED) is 0.311. The van der Waals surface area contributed by atoms with E-state index in [1.54, 1.807) is 0 Å². The van der Waals surface area contributed by atoms with Gasteiger partial charge >= 0.3 is 0 Å². The van der Waals surface area contributed by atoms with Crippen LogP contribution in [0.25, 0.3) is 11.1 Å². The van der Waals surface area contributed by atoms with Crippen LogP contribution in [0, 0.1) is 0 Å². The molecule has 3 atom stereocenters. The van der Waals surface area contributed by atoms with Gasteiger partial charge in [-0.1, -0.05) is 43.3 Å². The number of benzene rings is 3. The summed E-state index contributed by atoms with van der Waals surface area (Å²) in [5.74, 6) is 2.48. The standard InChI is InChI=1S/C34H38O5/c1-3-24-13-15-25(16-14-24)34-33(26-9-8-10-27(21-26)37-31-11-4-6-19-35-31)23(2)29-22-28(17-18-30(29)39-34)38-32-12-5-7-20-36-32/h8-10,13-18,21-22,31-32,34H,3-7,11-12,19-20H2,1-2H3. The van der Waals surface area contributed by atoms with Crippen molar-refractivity contribution in [3.05, 3.63) is 89.0 Å². The second-order valence-electron chi connectivity index (χ2n) is 10.6. The Hall–Kier alpha value is -3.28. The third kappa shape index (κ3) is 5.85. The molecule has 0 amide bonds. The van der Waals surface area contributed by atoms with E-state index in [-0.39, 0.29) is 18.7 Å². The SMILES string of the molecule is CCc1ccc(C2Oc3ccc(OC4CCCCO4)cc3C(C)=C2c2cccc(OC3CCCCO3)c2)cc1. The van der Waals surface area contributed by atoms with Crippen molar-refractivity contribution in [1.29, 1.82) is 0 Å². The molecule has 6 rings (SSSR count). The molecule has 3 aromatic rings. The minimum atomic E-state index is -0.238. The van der Waals surface area contributed by atoms with Crippen molar-refractivity contribution in [1.82, 2.24) is 0 Å². The summed E-state index contributed by atoms with van der Waals surface area (Å²) < 4.78 is 30.9. The summed E-state index contributed by atoms with van der Waals surface area (Å²) in [6, 6.07) is 23.2. The molecule has 5 heteroatoms. The van der Waals surface area contributed by atoms with Crippen molar-refractivity contribution >= 4 is 11.1 Å². The van der Waals surface area contributed by atoms with Crippen LogP contribution >= 0.6 is 0 Å². The largest absolute Gasteiger partial charge is 0.480 e. The van der Waals surface area contributed by atoms with Gasteiger partial charge in [-0.15, -0.1) is 0 Å². The van der Waals surface area contributed by atoms with E-state index < -0.39 is 0 Å². The Morgan fingerprint density at radius 1 is 0.769 bits per heavy atom. The Kier molecular flexibility index (Phi) is 7.89. The molecule has 3 aliphatic heterocycles. The van der Waals surface area contributed by atoms with E-state index in [4.69, 9.17) is 23.7 Å². The summed E-state index contributed by atoms with van der Waals surface area (Å²) in [7, 11) is 0. The lowest BCUT2D eigenvalue weighted by molar-refractivity contribution is -0.106. The molecule has 0 spiro atoms. The predicted octanol–water partition coefficient (Wildman–Crippen LogP) is 8.12. The van der Waals surface area contributed by atoms with Gasteiger partial charge in [0.25, 0.3) is 0 Å². The average Bonchev–Trinajstić information content (AvgIpc) is 2.98. The number of aryl methyl sites for hydroxylation is 1. The minimum absolute atomic E-state index is 0.188. The first-order chi connectivity index (χ1) is 19.2. The van der Waals surface area contributed by atoms with Crippen LogP contribution in [0.1, 0.15) is 80.7 Å². The van der Waals surface area contributed by atoms with Gasteiger partial charge in [0.15, 0.2) is 12.6 Å². The molecule has 0 saturated carbocycles. The normalized spacial score (nSPS) is 23.1. The number of hydrogen-bond donors (Lipinski definition) is 0. The van der Waals surface area contributed by atoms with Crippen molar-refractivity contribution in [2.75, 3.05) is 13.2 Å². The highest BCUT2D eigenvalue weighted by Crippen LogP contribution is 2.48. The number of ether oxygens (including phenoxy) is 5. The Balaban J connectivity index is 1.37. The molecule has 3 unspecified atom stereocenters. The molecule has 5 nitrogen and oxygen atoms in total. The van der Waals surface area contributed by atoms with E-state index in [0.717, 1.165) is 97.7 Å². The van der Waals surface area contributed by atoms with Crippen LogP contribution in [0.5, 0.6) is 17.2 Å².